The summed E-state index contributed by atoms with van der Waals surface area (Å²) in [7, 11) is 1.23. The second-order valence-corrected chi connectivity index (χ2v) is 7.38. The van der Waals surface area contributed by atoms with Crippen molar-refractivity contribution >= 4 is 17.9 Å². The molecule has 0 fully saturated rings. The SMILES string of the molecule is CCCCCCC(O)C/C=C\CCCCCCCC(=O)O.COC(=O)CCC(=O)O. The van der Waals surface area contributed by atoms with Crippen molar-refractivity contribution in [1.29, 1.82) is 0 Å². The molecule has 0 saturated heterocycles. The van der Waals surface area contributed by atoms with Gasteiger partial charge < -0.3 is 20.1 Å². The van der Waals surface area contributed by atoms with Crippen LogP contribution in [0.1, 0.15) is 103 Å². The number of hydrogen-bond acceptors (Lipinski definition) is 5. The maximum Gasteiger partial charge on any atom is 0.306 e. The summed E-state index contributed by atoms with van der Waals surface area (Å²) in [4.78, 5) is 30.4. The van der Waals surface area contributed by atoms with E-state index in [0.29, 0.717) is 6.42 Å². The zero-order chi connectivity index (χ0) is 23.0. The lowest BCUT2D eigenvalue weighted by molar-refractivity contribution is -0.145. The molecule has 7 heteroatoms. The molecule has 0 saturated carbocycles. The number of ether oxygens (including phenoxy) is 1. The third-order valence-corrected chi connectivity index (χ3v) is 4.50. The Balaban J connectivity index is 0. The minimum absolute atomic E-state index is 0.0498. The van der Waals surface area contributed by atoms with E-state index in [4.69, 9.17) is 10.2 Å². The van der Waals surface area contributed by atoms with Crippen LogP contribution < -0.4 is 0 Å². The van der Waals surface area contributed by atoms with Crippen molar-refractivity contribution in [2.75, 3.05) is 7.11 Å². The van der Waals surface area contributed by atoms with E-state index in [1.807, 2.05) is 0 Å². The Morgan fingerprint density at radius 3 is 2.00 bits per heavy atom. The average Bonchev–Trinajstić information content (AvgIpc) is 2.71. The predicted molar refractivity (Wildman–Crippen MR) is 117 cm³/mol. The number of aliphatic carboxylic acids is 2. The molecule has 30 heavy (non-hydrogen) atoms. The first-order valence-corrected chi connectivity index (χ1v) is 11.2. The first-order chi connectivity index (χ1) is 14.3. The van der Waals surface area contributed by atoms with Crippen LogP contribution in [0, 0.1) is 0 Å². The Morgan fingerprint density at radius 1 is 0.800 bits per heavy atom. The topological polar surface area (TPSA) is 121 Å². The van der Waals surface area contributed by atoms with Gasteiger partial charge in [0.05, 0.1) is 26.1 Å². The van der Waals surface area contributed by atoms with Crippen molar-refractivity contribution in [3.8, 4) is 0 Å². The summed E-state index contributed by atoms with van der Waals surface area (Å²) < 4.78 is 4.20. The number of hydrogen-bond donors (Lipinski definition) is 3. The minimum atomic E-state index is -0.986. The molecule has 176 valence electrons. The fourth-order valence-electron chi connectivity index (χ4n) is 2.68. The fraction of sp³-hybridized carbons (Fsp3) is 0.783. The first kappa shape index (κ1) is 30.3. The van der Waals surface area contributed by atoms with E-state index in [-0.39, 0.29) is 18.9 Å². The molecule has 0 aliphatic heterocycles. The number of esters is 1. The van der Waals surface area contributed by atoms with E-state index < -0.39 is 17.9 Å². The van der Waals surface area contributed by atoms with Crippen LogP contribution in [-0.2, 0) is 19.1 Å². The molecule has 0 aromatic heterocycles. The van der Waals surface area contributed by atoms with Gasteiger partial charge in [-0.3, -0.25) is 14.4 Å². The van der Waals surface area contributed by atoms with Crippen LogP contribution in [0.5, 0.6) is 0 Å². The highest BCUT2D eigenvalue weighted by Crippen LogP contribution is 2.10. The van der Waals surface area contributed by atoms with Gasteiger partial charge in [-0.2, -0.15) is 0 Å². The number of carbonyl (C=O) groups is 3. The number of carboxylic acids is 2. The van der Waals surface area contributed by atoms with Crippen LogP contribution in [0.2, 0.25) is 0 Å². The normalized spacial score (nSPS) is 11.6. The van der Waals surface area contributed by atoms with Gasteiger partial charge in [0, 0.05) is 6.42 Å². The number of unbranched alkanes of at least 4 members (excludes halogenated alkanes) is 8. The minimum Gasteiger partial charge on any atom is -0.481 e. The van der Waals surface area contributed by atoms with E-state index in [2.05, 4.69) is 23.8 Å². The highest BCUT2D eigenvalue weighted by atomic mass is 16.5. The molecule has 0 rings (SSSR count). The van der Waals surface area contributed by atoms with Crippen LogP contribution in [0.15, 0.2) is 12.2 Å². The highest BCUT2D eigenvalue weighted by molar-refractivity contribution is 5.76. The van der Waals surface area contributed by atoms with E-state index >= 15 is 0 Å². The summed E-state index contributed by atoms with van der Waals surface area (Å²) in [6, 6.07) is 0. The molecular formula is C23H42O7. The van der Waals surface area contributed by atoms with Crippen molar-refractivity contribution in [2.45, 2.75) is 109 Å². The lowest BCUT2D eigenvalue weighted by Gasteiger charge is -2.07. The van der Waals surface area contributed by atoms with Gasteiger partial charge in [-0.25, -0.2) is 0 Å². The van der Waals surface area contributed by atoms with Crippen LogP contribution in [0.25, 0.3) is 0 Å². The van der Waals surface area contributed by atoms with Gasteiger partial charge >= 0.3 is 17.9 Å². The summed E-state index contributed by atoms with van der Waals surface area (Å²) in [5.41, 5.74) is 0. The third kappa shape index (κ3) is 28.3. The maximum atomic E-state index is 10.3. The van der Waals surface area contributed by atoms with E-state index in [9.17, 15) is 19.5 Å². The highest BCUT2D eigenvalue weighted by Gasteiger charge is 2.03. The molecule has 0 radical (unpaired) electrons. The van der Waals surface area contributed by atoms with Gasteiger partial charge in [0.15, 0.2) is 0 Å². The third-order valence-electron chi connectivity index (χ3n) is 4.50. The van der Waals surface area contributed by atoms with Crippen molar-refractivity contribution < 1.29 is 34.4 Å². The summed E-state index contributed by atoms with van der Waals surface area (Å²) in [5.74, 6) is -2.16. The zero-order valence-corrected chi connectivity index (χ0v) is 18.8. The Morgan fingerprint density at radius 2 is 1.40 bits per heavy atom. The van der Waals surface area contributed by atoms with Gasteiger partial charge in [-0.05, 0) is 32.1 Å². The second-order valence-electron chi connectivity index (χ2n) is 7.38. The first-order valence-electron chi connectivity index (χ1n) is 11.2. The Hall–Kier alpha value is -1.89. The van der Waals surface area contributed by atoms with Crippen LogP contribution in [-0.4, -0.2) is 46.4 Å². The second kappa shape index (κ2) is 23.4. The molecule has 0 aromatic carbocycles. The average molecular weight is 431 g/mol. The van der Waals surface area contributed by atoms with Gasteiger partial charge in [0.1, 0.15) is 0 Å². The van der Waals surface area contributed by atoms with Crippen molar-refractivity contribution in [3.63, 3.8) is 0 Å². The molecule has 3 N–H and O–H groups in total. The summed E-state index contributed by atoms with van der Waals surface area (Å²) in [5, 5.41) is 26.4. The number of allylic oxidation sites excluding steroid dienone is 1. The Kier molecular flexibility index (Phi) is 23.6. The molecule has 1 unspecified atom stereocenters. The number of aliphatic hydroxyl groups excluding tert-OH is 1. The molecule has 0 amide bonds. The van der Waals surface area contributed by atoms with Crippen molar-refractivity contribution in [3.05, 3.63) is 12.2 Å². The van der Waals surface area contributed by atoms with E-state index in [1.165, 1.54) is 32.8 Å². The molecular weight excluding hydrogens is 388 g/mol. The molecule has 0 aromatic rings. The smallest absolute Gasteiger partial charge is 0.306 e. The molecule has 0 aliphatic rings. The number of carboxylic acid groups (broad SMARTS) is 2. The molecule has 0 heterocycles. The monoisotopic (exact) mass is 430 g/mol. The molecule has 0 spiro atoms. The maximum absolute atomic E-state index is 10.3. The largest absolute Gasteiger partial charge is 0.481 e. The predicted octanol–water partition coefficient (Wildman–Crippen LogP) is 5.10. The lowest BCUT2D eigenvalue weighted by Crippen LogP contribution is -2.04. The number of methoxy groups -OCH3 is 1. The number of rotatable bonds is 18. The van der Waals surface area contributed by atoms with Crippen molar-refractivity contribution in [2.24, 2.45) is 0 Å². The van der Waals surface area contributed by atoms with Gasteiger partial charge in [0.2, 0.25) is 0 Å². The number of aliphatic hydroxyl groups is 1. The summed E-state index contributed by atoms with van der Waals surface area (Å²) in [6.07, 6.45) is 17.1. The zero-order valence-electron chi connectivity index (χ0n) is 18.8. The fourth-order valence-corrected chi connectivity index (χ4v) is 2.68. The molecule has 0 aliphatic carbocycles. The van der Waals surface area contributed by atoms with Crippen LogP contribution in [0.4, 0.5) is 0 Å². The summed E-state index contributed by atoms with van der Waals surface area (Å²) >= 11 is 0. The number of carbonyl (C=O) groups excluding carboxylic acids is 1. The quantitative estimate of drug-likeness (QED) is 0.157. The van der Waals surface area contributed by atoms with Gasteiger partial charge in [-0.1, -0.05) is 64.0 Å². The Labute approximate surface area is 181 Å². The Bertz CT molecular complexity index is 460. The van der Waals surface area contributed by atoms with Gasteiger partial charge in [0.25, 0.3) is 0 Å². The van der Waals surface area contributed by atoms with Crippen molar-refractivity contribution in [1.82, 2.24) is 0 Å². The van der Waals surface area contributed by atoms with E-state index in [1.54, 1.807) is 0 Å². The molecule has 1 atom stereocenters. The van der Waals surface area contributed by atoms with Crippen LogP contribution in [0.3, 0.4) is 0 Å². The summed E-state index contributed by atoms with van der Waals surface area (Å²) in [6.45, 7) is 2.20. The van der Waals surface area contributed by atoms with Crippen LogP contribution >= 0.6 is 0 Å². The van der Waals surface area contributed by atoms with Gasteiger partial charge in [-0.15, -0.1) is 0 Å². The van der Waals surface area contributed by atoms with E-state index in [0.717, 1.165) is 51.4 Å². The standard InChI is InChI=1S/C18H34O3.C5H8O4/c1-2-3-4-11-14-17(19)15-12-9-7-5-6-8-10-13-16-18(20)21;1-9-5(8)3-2-4(6)7/h9,12,17,19H,2-8,10-11,13-16H2,1H3,(H,20,21);2-3H2,1H3,(H,6,7)/b12-9-;. The molecule has 7 nitrogen and oxygen atoms in total. The lowest BCUT2D eigenvalue weighted by atomic mass is 10.1. The molecule has 0 bridgehead atoms.